The first-order valence-electron chi connectivity index (χ1n) is 9.87. The van der Waals surface area contributed by atoms with Gasteiger partial charge in [-0.05, 0) is 45.2 Å². The third kappa shape index (κ3) is 3.14. The Balaban J connectivity index is 1.49. The first-order chi connectivity index (χ1) is 14.4. The second-order valence-electron chi connectivity index (χ2n) is 8.08. The van der Waals surface area contributed by atoms with Gasteiger partial charge in [0, 0.05) is 18.6 Å². The predicted molar refractivity (Wildman–Crippen MR) is 109 cm³/mol. The Labute approximate surface area is 171 Å². The number of nitrogens with zero attached hydrogens (tertiary/aromatic N) is 6. The average molecular weight is 406 g/mol. The molecule has 3 N–H and O–H groups in total. The van der Waals surface area contributed by atoms with Crippen LogP contribution in [0.15, 0.2) is 36.9 Å². The van der Waals surface area contributed by atoms with Crippen LogP contribution in [-0.4, -0.2) is 45.6 Å². The van der Waals surface area contributed by atoms with E-state index in [0.717, 1.165) is 25.0 Å². The number of fused-ring (bicyclic) bond motifs is 1. The van der Waals surface area contributed by atoms with Gasteiger partial charge in [0.2, 0.25) is 0 Å². The summed E-state index contributed by atoms with van der Waals surface area (Å²) >= 11 is 0. The Bertz CT molecular complexity index is 1210. The van der Waals surface area contributed by atoms with Gasteiger partial charge in [-0.3, -0.25) is 14.6 Å². The normalized spacial score (nSPS) is 14.8. The third-order valence-electron chi connectivity index (χ3n) is 5.40. The number of aliphatic hydroxyl groups is 1. The minimum Gasteiger partial charge on any atom is -0.384 e. The van der Waals surface area contributed by atoms with Crippen molar-refractivity contribution in [3.63, 3.8) is 0 Å². The Hall–Kier alpha value is -3.53. The fourth-order valence-electron chi connectivity index (χ4n) is 3.54. The largest absolute Gasteiger partial charge is 0.384 e. The molecule has 0 spiro atoms. The molecule has 0 aliphatic heterocycles. The first kappa shape index (κ1) is 18.5. The highest BCUT2D eigenvalue weighted by Crippen LogP contribution is 2.35. The van der Waals surface area contributed by atoms with E-state index in [0.29, 0.717) is 34.3 Å². The predicted octanol–water partition coefficient (Wildman–Crippen LogP) is 2.52. The maximum Gasteiger partial charge on any atom is 0.261 e. The van der Waals surface area contributed by atoms with Gasteiger partial charge in [0.25, 0.3) is 5.91 Å². The number of carbonyl (C=O) groups excluding carboxylic acids is 1. The van der Waals surface area contributed by atoms with Gasteiger partial charge in [-0.15, -0.1) is 0 Å². The molecule has 1 fully saturated rings. The molecule has 0 unspecified atom stereocenters. The quantitative estimate of drug-likeness (QED) is 0.467. The van der Waals surface area contributed by atoms with E-state index in [1.165, 1.54) is 6.20 Å². The topological polar surface area (TPSA) is 126 Å². The van der Waals surface area contributed by atoms with Crippen molar-refractivity contribution in [3.8, 4) is 11.4 Å². The van der Waals surface area contributed by atoms with Crippen LogP contribution >= 0.6 is 0 Å². The summed E-state index contributed by atoms with van der Waals surface area (Å²) in [7, 11) is 0. The molecule has 0 radical (unpaired) electrons. The molecule has 0 aromatic carbocycles. The number of hydrogen-bond donors (Lipinski definition) is 3. The zero-order chi connectivity index (χ0) is 20.9. The number of H-pyrrole nitrogens is 1. The lowest BCUT2D eigenvalue weighted by molar-refractivity contribution is 0.0729. The zero-order valence-corrected chi connectivity index (χ0v) is 16.7. The molecule has 154 valence electrons. The number of aromatic amines is 1. The number of nitrogens with one attached hydrogen (secondary N) is 2. The number of aromatic nitrogens is 7. The lowest BCUT2D eigenvalue weighted by Gasteiger charge is -2.25. The molecule has 5 rings (SSSR count). The highest BCUT2D eigenvalue weighted by atomic mass is 16.3. The fraction of sp³-hybridized carbons (Fsp3) is 0.350. The summed E-state index contributed by atoms with van der Waals surface area (Å²) in [6.45, 7) is 3.31. The van der Waals surface area contributed by atoms with Crippen LogP contribution in [0.3, 0.4) is 0 Å². The lowest BCUT2D eigenvalue weighted by Crippen LogP contribution is -2.22. The van der Waals surface area contributed by atoms with Crippen molar-refractivity contribution >= 4 is 17.2 Å². The summed E-state index contributed by atoms with van der Waals surface area (Å²) in [6, 6.07) is 3.91. The van der Waals surface area contributed by atoms with Crippen LogP contribution < -0.4 is 5.32 Å². The molecule has 1 aliphatic carbocycles. The molecule has 0 atom stereocenters. The van der Waals surface area contributed by atoms with E-state index in [1.807, 2.05) is 4.68 Å². The van der Waals surface area contributed by atoms with Gasteiger partial charge in [-0.1, -0.05) is 0 Å². The van der Waals surface area contributed by atoms with E-state index < -0.39 is 5.60 Å². The molecule has 1 saturated carbocycles. The smallest absolute Gasteiger partial charge is 0.261 e. The second-order valence-corrected chi connectivity index (χ2v) is 8.08. The fourth-order valence-corrected chi connectivity index (χ4v) is 3.54. The molecular formula is C20H22N8O2. The van der Waals surface area contributed by atoms with Crippen LogP contribution in [0.1, 0.15) is 55.2 Å². The van der Waals surface area contributed by atoms with Crippen molar-refractivity contribution in [2.75, 3.05) is 5.32 Å². The van der Waals surface area contributed by atoms with Crippen molar-refractivity contribution in [3.05, 3.63) is 48.2 Å². The molecule has 4 aromatic rings. The lowest BCUT2D eigenvalue weighted by atomic mass is 9.93. The number of rotatable bonds is 5. The van der Waals surface area contributed by atoms with Gasteiger partial charge >= 0.3 is 0 Å². The van der Waals surface area contributed by atoms with E-state index in [9.17, 15) is 9.90 Å². The van der Waals surface area contributed by atoms with Crippen molar-refractivity contribution in [2.24, 2.45) is 0 Å². The summed E-state index contributed by atoms with van der Waals surface area (Å²) in [5.74, 6) is -0.363. The zero-order valence-electron chi connectivity index (χ0n) is 16.7. The molecule has 0 bridgehead atoms. The molecule has 1 aliphatic rings. The van der Waals surface area contributed by atoms with Crippen LogP contribution in [0, 0.1) is 0 Å². The summed E-state index contributed by atoms with van der Waals surface area (Å²) in [4.78, 5) is 17.7. The second kappa shape index (κ2) is 6.77. The summed E-state index contributed by atoms with van der Waals surface area (Å²) < 4.78 is 3.39. The van der Waals surface area contributed by atoms with Crippen LogP contribution in [0.2, 0.25) is 0 Å². The van der Waals surface area contributed by atoms with E-state index in [1.54, 1.807) is 49.1 Å². The van der Waals surface area contributed by atoms with Crippen molar-refractivity contribution < 1.29 is 9.90 Å². The molecule has 1 amide bonds. The van der Waals surface area contributed by atoms with Crippen LogP contribution in [0.25, 0.3) is 17.0 Å². The van der Waals surface area contributed by atoms with Crippen LogP contribution in [0.5, 0.6) is 0 Å². The van der Waals surface area contributed by atoms with Crippen molar-refractivity contribution in [1.29, 1.82) is 0 Å². The average Bonchev–Trinajstić information content (AvgIpc) is 3.38. The monoisotopic (exact) mass is 406 g/mol. The Morgan fingerprint density at radius 1 is 1.33 bits per heavy atom. The summed E-state index contributed by atoms with van der Waals surface area (Å²) in [5, 5.41) is 29.0. The van der Waals surface area contributed by atoms with E-state index in [-0.39, 0.29) is 5.91 Å². The maximum atomic E-state index is 13.1. The maximum absolute atomic E-state index is 13.1. The minimum absolute atomic E-state index is 0.312. The molecule has 10 nitrogen and oxygen atoms in total. The number of anilines is 1. The van der Waals surface area contributed by atoms with E-state index >= 15 is 0 Å². The molecular weight excluding hydrogens is 384 g/mol. The standard InChI is InChI=1S/C20H22N8O2/c1-20(2,30)17-16(11-28(26-17)12-4-3-5-12)24-19(29)13-10-22-27-9-7-14(23-18(13)27)15-6-8-21-25-15/h6-12,30H,3-5H2,1-2H3,(H,21,25)(H,24,29). The first-order valence-corrected chi connectivity index (χ1v) is 9.87. The number of amides is 1. The number of hydrogen-bond acceptors (Lipinski definition) is 6. The molecule has 10 heteroatoms. The van der Waals surface area contributed by atoms with Gasteiger partial charge in [-0.25, -0.2) is 9.50 Å². The van der Waals surface area contributed by atoms with Crippen molar-refractivity contribution in [2.45, 2.75) is 44.8 Å². The van der Waals surface area contributed by atoms with Gasteiger partial charge < -0.3 is 10.4 Å². The highest BCUT2D eigenvalue weighted by molar-refractivity contribution is 6.08. The molecule has 4 aromatic heterocycles. The Morgan fingerprint density at radius 2 is 2.17 bits per heavy atom. The number of carbonyl (C=O) groups is 1. The van der Waals surface area contributed by atoms with Gasteiger partial charge in [0.05, 0.1) is 29.3 Å². The van der Waals surface area contributed by atoms with E-state index in [2.05, 4.69) is 30.7 Å². The summed E-state index contributed by atoms with van der Waals surface area (Å²) in [5.41, 5.74) is 1.89. The van der Waals surface area contributed by atoms with Gasteiger partial charge in [0.1, 0.15) is 16.9 Å². The van der Waals surface area contributed by atoms with Crippen LogP contribution in [0.4, 0.5) is 5.69 Å². The third-order valence-corrected chi connectivity index (χ3v) is 5.40. The van der Waals surface area contributed by atoms with Crippen molar-refractivity contribution in [1.82, 2.24) is 34.6 Å². The van der Waals surface area contributed by atoms with Gasteiger partial charge in [0.15, 0.2) is 5.65 Å². The SMILES string of the molecule is CC(C)(O)c1nn(C2CCC2)cc1NC(=O)c1cnn2ccc(-c3ccn[nH]3)nc12. The molecule has 4 heterocycles. The minimum atomic E-state index is -1.19. The van der Waals surface area contributed by atoms with Crippen LogP contribution in [-0.2, 0) is 5.60 Å². The van der Waals surface area contributed by atoms with E-state index in [4.69, 9.17) is 0 Å². The molecule has 30 heavy (non-hydrogen) atoms. The molecule has 0 saturated heterocycles. The Morgan fingerprint density at radius 3 is 2.83 bits per heavy atom. The summed E-state index contributed by atoms with van der Waals surface area (Å²) in [6.07, 6.45) is 9.92. The highest BCUT2D eigenvalue weighted by Gasteiger charge is 2.29. The Kier molecular flexibility index (Phi) is 4.17. The van der Waals surface area contributed by atoms with Gasteiger partial charge in [-0.2, -0.15) is 15.3 Å².